The summed E-state index contributed by atoms with van der Waals surface area (Å²) in [6.45, 7) is 9.76. The number of alkyl carbamates (subject to hydrolysis) is 1. The van der Waals surface area contributed by atoms with Crippen LogP contribution in [0.5, 0.6) is 0 Å². The van der Waals surface area contributed by atoms with Crippen molar-refractivity contribution in [2.45, 2.75) is 52.2 Å². The number of ether oxygens (including phenoxy) is 1. The number of nitrogens with two attached hydrogens (primary N) is 1. The van der Waals surface area contributed by atoms with Gasteiger partial charge in [-0.05, 0) is 40.2 Å². The molecule has 0 saturated carbocycles. The Morgan fingerprint density at radius 1 is 1.35 bits per heavy atom. The normalized spacial score (nSPS) is 13.2. The van der Waals surface area contributed by atoms with Gasteiger partial charge in [0.2, 0.25) is 0 Å². The van der Waals surface area contributed by atoms with Gasteiger partial charge in [-0.1, -0.05) is 6.92 Å². The van der Waals surface area contributed by atoms with Gasteiger partial charge in [-0.3, -0.25) is 0 Å². The van der Waals surface area contributed by atoms with Crippen molar-refractivity contribution in [2.24, 2.45) is 5.73 Å². The Kier molecular flexibility index (Phi) is 7.91. The lowest BCUT2D eigenvalue weighted by molar-refractivity contribution is 0.0526. The Balaban J connectivity index is 3.70. The first-order chi connectivity index (χ1) is 7.89. The molecule has 0 aliphatic carbocycles. The first-order valence-electron chi connectivity index (χ1n) is 6.29. The van der Waals surface area contributed by atoms with E-state index in [0.29, 0.717) is 13.1 Å². The fourth-order valence-electron chi connectivity index (χ4n) is 1.31. The van der Waals surface area contributed by atoms with Crippen molar-refractivity contribution in [1.29, 1.82) is 0 Å². The van der Waals surface area contributed by atoms with E-state index < -0.39 is 5.60 Å². The van der Waals surface area contributed by atoms with E-state index in [-0.39, 0.29) is 12.1 Å². The average Bonchev–Trinajstić information content (AvgIpc) is 2.20. The second kappa shape index (κ2) is 8.31. The molecule has 5 nitrogen and oxygen atoms in total. The minimum atomic E-state index is -0.447. The number of amides is 1. The van der Waals surface area contributed by atoms with Crippen LogP contribution in [-0.4, -0.2) is 37.4 Å². The molecule has 1 unspecified atom stereocenters. The summed E-state index contributed by atoms with van der Waals surface area (Å²) in [5, 5.41) is 6.05. The highest BCUT2D eigenvalue weighted by atomic mass is 16.6. The second-order valence-electron chi connectivity index (χ2n) is 5.10. The molecule has 0 aliphatic heterocycles. The summed E-state index contributed by atoms with van der Waals surface area (Å²) in [5.74, 6) is 0. The molecule has 0 saturated heterocycles. The molecule has 0 bridgehead atoms. The fourth-order valence-corrected chi connectivity index (χ4v) is 1.31. The van der Waals surface area contributed by atoms with Crippen LogP contribution in [0.1, 0.15) is 40.5 Å². The first kappa shape index (κ1) is 16.2. The smallest absolute Gasteiger partial charge is 0.407 e. The Hall–Kier alpha value is -0.810. The van der Waals surface area contributed by atoms with Crippen LogP contribution >= 0.6 is 0 Å². The van der Waals surface area contributed by atoms with Crippen LogP contribution in [0.25, 0.3) is 0 Å². The average molecular weight is 245 g/mol. The molecule has 1 amide bonds. The van der Waals surface area contributed by atoms with Gasteiger partial charge in [-0.15, -0.1) is 0 Å². The van der Waals surface area contributed by atoms with E-state index >= 15 is 0 Å². The Morgan fingerprint density at radius 2 is 2.00 bits per heavy atom. The van der Waals surface area contributed by atoms with Gasteiger partial charge in [0.1, 0.15) is 5.60 Å². The minimum absolute atomic E-state index is 0.255. The number of nitrogens with one attached hydrogen (secondary N) is 2. The predicted octanol–water partition coefficient (Wildman–Crippen LogP) is 1.23. The molecule has 1 atom stereocenters. The van der Waals surface area contributed by atoms with Crippen LogP contribution in [0.15, 0.2) is 0 Å². The van der Waals surface area contributed by atoms with E-state index in [1.165, 1.54) is 0 Å². The number of rotatable bonds is 7. The van der Waals surface area contributed by atoms with E-state index in [1.54, 1.807) is 0 Å². The summed E-state index contributed by atoms with van der Waals surface area (Å²) < 4.78 is 5.13. The van der Waals surface area contributed by atoms with Gasteiger partial charge in [0, 0.05) is 19.1 Å². The van der Waals surface area contributed by atoms with Gasteiger partial charge < -0.3 is 21.1 Å². The van der Waals surface area contributed by atoms with Crippen molar-refractivity contribution in [3.63, 3.8) is 0 Å². The van der Waals surface area contributed by atoms with Crippen LogP contribution in [0.2, 0.25) is 0 Å². The summed E-state index contributed by atoms with van der Waals surface area (Å²) in [7, 11) is 0. The van der Waals surface area contributed by atoms with E-state index in [2.05, 4.69) is 17.6 Å². The summed E-state index contributed by atoms with van der Waals surface area (Å²) in [4.78, 5) is 11.4. The maximum atomic E-state index is 11.4. The van der Waals surface area contributed by atoms with Gasteiger partial charge >= 0.3 is 6.09 Å². The molecule has 0 fully saturated rings. The third-order valence-corrected chi connectivity index (χ3v) is 2.13. The molecule has 17 heavy (non-hydrogen) atoms. The van der Waals surface area contributed by atoms with Crippen LogP contribution in [0.4, 0.5) is 4.79 Å². The lowest BCUT2D eigenvalue weighted by atomic mass is 10.2. The van der Waals surface area contributed by atoms with Crippen LogP contribution in [0, 0.1) is 0 Å². The highest BCUT2D eigenvalue weighted by molar-refractivity contribution is 5.67. The quantitative estimate of drug-likeness (QED) is 0.630. The predicted molar refractivity (Wildman–Crippen MR) is 70.0 cm³/mol. The highest BCUT2D eigenvalue weighted by Crippen LogP contribution is 2.06. The summed E-state index contributed by atoms with van der Waals surface area (Å²) in [6.07, 6.45) is 1.52. The Labute approximate surface area is 104 Å². The molecule has 0 radical (unpaired) electrons. The van der Waals surface area contributed by atoms with Crippen molar-refractivity contribution in [2.75, 3.05) is 19.6 Å². The molecule has 0 rings (SSSR count). The van der Waals surface area contributed by atoms with Crippen LogP contribution in [0.3, 0.4) is 0 Å². The van der Waals surface area contributed by atoms with E-state index in [9.17, 15) is 4.79 Å². The number of carbonyl (C=O) groups is 1. The van der Waals surface area contributed by atoms with Gasteiger partial charge in [0.25, 0.3) is 0 Å². The SMILES string of the molecule is CCCNC(CN)CCNC(=O)OC(C)(C)C. The van der Waals surface area contributed by atoms with Gasteiger partial charge in [0.05, 0.1) is 0 Å². The molecular formula is C12H27N3O2. The maximum Gasteiger partial charge on any atom is 0.407 e. The largest absolute Gasteiger partial charge is 0.444 e. The van der Waals surface area contributed by atoms with Gasteiger partial charge in [0.15, 0.2) is 0 Å². The van der Waals surface area contributed by atoms with Crippen molar-refractivity contribution in [1.82, 2.24) is 10.6 Å². The van der Waals surface area contributed by atoms with Crippen molar-refractivity contribution in [3.8, 4) is 0 Å². The lowest BCUT2D eigenvalue weighted by Crippen LogP contribution is -2.40. The molecule has 0 aromatic rings. The van der Waals surface area contributed by atoms with E-state index in [1.807, 2.05) is 20.8 Å². The molecule has 5 heteroatoms. The molecule has 0 heterocycles. The Bertz CT molecular complexity index is 214. The summed E-state index contributed by atoms with van der Waals surface area (Å²) in [5.41, 5.74) is 5.18. The lowest BCUT2D eigenvalue weighted by Gasteiger charge is -2.21. The van der Waals surface area contributed by atoms with Crippen LogP contribution < -0.4 is 16.4 Å². The number of hydrogen-bond donors (Lipinski definition) is 3. The zero-order chi connectivity index (χ0) is 13.3. The third-order valence-electron chi connectivity index (χ3n) is 2.13. The maximum absolute atomic E-state index is 11.4. The standard InChI is InChI=1S/C12H27N3O2/c1-5-7-14-10(9-13)6-8-15-11(16)17-12(2,3)4/h10,14H,5-9,13H2,1-4H3,(H,15,16). The molecule has 0 spiro atoms. The summed E-state index contributed by atoms with van der Waals surface area (Å²) in [6, 6.07) is 0.255. The third kappa shape index (κ3) is 10.1. The van der Waals surface area contributed by atoms with Crippen molar-refractivity contribution in [3.05, 3.63) is 0 Å². The molecule has 0 aromatic heterocycles. The van der Waals surface area contributed by atoms with Crippen LogP contribution in [-0.2, 0) is 4.74 Å². The zero-order valence-electron chi connectivity index (χ0n) is 11.5. The molecule has 0 aromatic carbocycles. The van der Waals surface area contributed by atoms with E-state index in [0.717, 1.165) is 19.4 Å². The first-order valence-corrected chi connectivity index (χ1v) is 6.29. The van der Waals surface area contributed by atoms with Gasteiger partial charge in [-0.2, -0.15) is 0 Å². The molecule has 4 N–H and O–H groups in total. The topological polar surface area (TPSA) is 76.4 Å². The second-order valence-corrected chi connectivity index (χ2v) is 5.10. The van der Waals surface area contributed by atoms with Crippen molar-refractivity contribution < 1.29 is 9.53 Å². The van der Waals surface area contributed by atoms with E-state index in [4.69, 9.17) is 10.5 Å². The summed E-state index contributed by atoms with van der Waals surface area (Å²) >= 11 is 0. The molecule has 102 valence electrons. The minimum Gasteiger partial charge on any atom is -0.444 e. The number of carbonyl (C=O) groups excluding carboxylic acids is 1. The fraction of sp³-hybridized carbons (Fsp3) is 0.917. The molecular weight excluding hydrogens is 218 g/mol. The van der Waals surface area contributed by atoms with Crippen molar-refractivity contribution >= 4 is 6.09 Å². The zero-order valence-corrected chi connectivity index (χ0v) is 11.5. The van der Waals surface area contributed by atoms with Gasteiger partial charge in [-0.25, -0.2) is 4.79 Å². The molecule has 0 aliphatic rings. The monoisotopic (exact) mass is 245 g/mol. The highest BCUT2D eigenvalue weighted by Gasteiger charge is 2.15. The Morgan fingerprint density at radius 3 is 2.47 bits per heavy atom. The number of hydrogen-bond acceptors (Lipinski definition) is 4.